The van der Waals surface area contributed by atoms with Crippen LogP contribution >= 0.6 is 12.2 Å². The Bertz CT molecular complexity index is 1660. The molecule has 4 heterocycles. The number of nitrogens with zero attached hydrogens (tertiary/aromatic N) is 6. The van der Waals surface area contributed by atoms with Crippen molar-refractivity contribution in [2.75, 3.05) is 64.4 Å². The normalized spacial score (nSPS) is 15.4. The second kappa shape index (κ2) is 15.2. The predicted molar refractivity (Wildman–Crippen MR) is 186 cm³/mol. The number of benzene rings is 2. The number of anilines is 1. The number of hydrogen-bond acceptors (Lipinski definition) is 8. The summed E-state index contributed by atoms with van der Waals surface area (Å²) in [6, 6.07) is 20.6. The first-order valence-corrected chi connectivity index (χ1v) is 16.6. The molecule has 2 fully saturated rings. The van der Waals surface area contributed by atoms with Gasteiger partial charge in [-0.3, -0.25) is 9.97 Å². The summed E-state index contributed by atoms with van der Waals surface area (Å²) >= 11 is 5.76. The van der Waals surface area contributed by atoms with Gasteiger partial charge in [-0.2, -0.15) is 5.26 Å². The van der Waals surface area contributed by atoms with Crippen LogP contribution in [-0.2, 0) is 6.54 Å². The largest absolute Gasteiger partial charge is 0.493 e. The molecule has 1 N–H and O–H groups in total. The average molecular weight is 636 g/mol. The number of ether oxygens (including phenoxy) is 2. The van der Waals surface area contributed by atoms with Gasteiger partial charge in [-0.1, -0.05) is 42.8 Å². The van der Waals surface area contributed by atoms with Crippen molar-refractivity contribution < 1.29 is 9.47 Å². The average Bonchev–Trinajstić information content (AvgIpc) is 3.12. The van der Waals surface area contributed by atoms with Crippen LogP contribution in [0.15, 0.2) is 67.0 Å². The van der Waals surface area contributed by atoms with E-state index in [2.05, 4.69) is 54.3 Å². The maximum atomic E-state index is 10.0. The van der Waals surface area contributed by atoms with E-state index in [0.29, 0.717) is 30.2 Å². The van der Waals surface area contributed by atoms with Crippen molar-refractivity contribution in [3.63, 3.8) is 0 Å². The lowest BCUT2D eigenvalue weighted by molar-refractivity contribution is 0.203. The van der Waals surface area contributed by atoms with Crippen molar-refractivity contribution in [3.05, 3.63) is 78.1 Å². The first kappa shape index (κ1) is 31.5. The summed E-state index contributed by atoms with van der Waals surface area (Å²) in [5.74, 6) is 1.34. The Labute approximate surface area is 276 Å². The fourth-order valence-corrected chi connectivity index (χ4v) is 6.52. The van der Waals surface area contributed by atoms with Crippen LogP contribution in [0.5, 0.6) is 11.5 Å². The van der Waals surface area contributed by atoms with Crippen LogP contribution in [-0.4, -0.2) is 84.4 Å². The Morgan fingerprint density at radius 2 is 1.74 bits per heavy atom. The minimum absolute atomic E-state index is 0.547. The summed E-state index contributed by atoms with van der Waals surface area (Å²) in [4.78, 5) is 16.2. The lowest BCUT2D eigenvalue weighted by Gasteiger charge is -2.38. The standard InChI is InChI=1S/C36H41N7O2S/c1-44-33-21-30-32(22-34(33)45-20-8-15-41-13-6-3-7-14-41)39-26-29(23-37)35(30)42-16-18-43(19-17-42)36(46)40-25-27-11-12-31(38-24-27)28-9-4-2-5-10-28/h2,4-5,9-12,21-22,24,26H,3,6-8,13-20,25H2,1H3,(H,40,46). The molecule has 2 saturated heterocycles. The molecule has 4 aromatic rings. The second-order valence-electron chi connectivity index (χ2n) is 11.8. The van der Waals surface area contributed by atoms with E-state index in [0.717, 1.165) is 77.7 Å². The number of fused-ring (bicyclic) bond motifs is 1. The van der Waals surface area contributed by atoms with E-state index in [4.69, 9.17) is 21.7 Å². The molecule has 0 saturated carbocycles. The van der Waals surface area contributed by atoms with Gasteiger partial charge in [-0.25, -0.2) is 0 Å². The fraction of sp³-hybridized carbons (Fsp3) is 0.389. The lowest BCUT2D eigenvalue weighted by Crippen LogP contribution is -2.51. The van der Waals surface area contributed by atoms with Gasteiger partial charge in [0.15, 0.2) is 16.6 Å². The molecule has 0 atom stereocenters. The Kier molecular flexibility index (Phi) is 10.4. The number of aromatic nitrogens is 2. The number of thiocarbonyl (C=S) groups is 1. The minimum Gasteiger partial charge on any atom is -0.493 e. The van der Waals surface area contributed by atoms with Crippen LogP contribution < -0.4 is 19.7 Å². The van der Waals surface area contributed by atoms with E-state index in [1.165, 1.54) is 32.4 Å². The zero-order chi connectivity index (χ0) is 31.7. The van der Waals surface area contributed by atoms with Gasteiger partial charge < -0.3 is 29.5 Å². The molecule has 2 aliphatic rings. The van der Waals surface area contributed by atoms with Crippen molar-refractivity contribution in [2.45, 2.75) is 32.2 Å². The summed E-state index contributed by atoms with van der Waals surface area (Å²) in [5.41, 5.74) is 5.33. The van der Waals surface area contributed by atoms with Crippen molar-refractivity contribution >= 4 is 33.9 Å². The van der Waals surface area contributed by atoms with Crippen LogP contribution in [0, 0.1) is 11.3 Å². The molecule has 0 amide bonds. The van der Waals surface area contributed by atoms with Crippen LogP contribution in [0.4, 0.5) is 5.69 Å². The number of nitriles is 1. The maximum Gasteiger partial charge on any atom is 0.169 e. The summed E-state index contributed by atoms with van der Waals surface area (Å²) < 4.78 is 11.9. The van der Waals surface area contributed by atoms with Gasteiger partial charge in [0.1, 0.15) is 6.07 Å². The van der Waals surface area contributed by atoms with E-state index in [1.807, 2.05) is 42.6 Å². The zero-order valence-corrected chi connectivity index (χ0v) is 27.3. The highest BCUT2D eigenvalue weighted by atomic mass is 32.1. The first-order valence-electron chi connectivity index (χ1n) is 16.2. The van der Waals surface area contributed by atoms with Gasteiger partial charge in [0.05, 0.1) is 36.2 Å². The third kappa shape index (κ3) is 7.49. The third-order valence-electron chi connectivity index (χ3n) is 8.79. The number of methoxy groups -OCH3 is 1. The van der Waals surface area contributed by atoms with Crippen molar-refractivity contribution in [1.82, 2.24) is 25.1 Å². The molecule has 0 aliphatic carbocycles. The van der Waals surface area contributed by atoms with Gasteiger partial charge in [0.25, 0.3) is 0 Å². The highest BCUT2D eigenvalue weighted by Gasteiger charge is 2.24. The summed E-state index contributed by atoms with van der Waals surface area (Å²) in [5, 5.41) is 15.0. The monoisotopic (exact) mass is 635 g/mol. The number of likely N-dealkylation sites (tertiary alicyclic amines) is 1. The number of hydrogen-bond donors (Lipinski definition) is 1. The van der Waals surface area contributed by atoms with Crippen molar-refractivity contribution in [2.24, 2.45) is 0 Å². The molecule has 0 radical (unpaired) electrons. The highest BCUT2D eigenvalue weighted by molar-refractivity contribution is 7.80. The molecule has 10 heteroatoms. The molecule has 0 spiro atoms. The van der Waals surface area contributed by atoms with Crippen LogP contribution in [0.2, 0.25) is 0 Å². The second-order valence-corrected chi connectivity index (χ2v) is 12.2. The smallest absolute Gasteiger partial charge is 0.169 e. The molecule has 238 valence electrons. The third-order valence-corrected chi connectivity index (χ3v) is 9.19. The zero-order valence-electron chi connectivity index (χ0n) is 26.5. The Balaban J connectivity index is 1.07. The van der Waals surface area contributed by atoms with Crippen molar-refractivity contribution in [3.8, 4) is 28.8 Å². The SMILES string of the molecule is COc1cc2c(N3CCN(C(=S)NCc4ccc(-c5ccccc5)nc4)CC3)c(C#N)cnc2cc1OCCCN1CCCCC1. The molecule has 2 aromatic carbocycles. The molecule has 46 heavy (non-hydrogen) atoms. The van der Waals surface area contributed by atoms with Gasteiger partial charge in [-0.15, -0.1) is 0 Å². The van der Waals surface area contributed by atoms with E-state index in [1.54, 1.807) is 13.3 Å². The number of piperazine rings is 1. The van der Waals surface area contributed by atoms with Crippen LogP contribution in [0.25, 0.3) is 22.2 Å². The van der Waals surface area contributed by atoms with Gasteiger partial charge in [-0.05, 0) is 62.3 Å². The molecule has 9 nitrogen and oxygen atoms in total. The number of piperidine rings is 1. The number of nitrogens with one attached hydrogen (secondary N) is 1. The van der Waals surface area contributed by atoms with Crippen LogP contribution in [0.3, 0.4) is 0 Å². The Hall–Kier alpha value is -4.46. The molecular formula is C36H41N7O2S. The highest BCUT2D eigenvalue weighted by Crippen LogP contribution is 2.38. The Morgan fingerprint density at radius 3 is 2.46 bits per heavy atom. The van der Waals surface area contributed by atoms with E-state index < -0.39 is 0 Å². The summed E-state index contributed by atoms with van der Waals surface area (Å²) in [6.45, 7) is 7.57. The van der Waals surface area contributed by atoms with Gasteiger partial charge >= 0.3 is 0 Å². The number of pyridine rings is 2. The molecular weight excluding hydrogens is 595 g/mol. The van der Waals surface area contributed by atoms with E-state index in [-0.39, 0.29) is 0 Å². The molecule has 0 bridgehead atoms. The predicted octanol–water partition coefficient (Wildman–Crippen LogP) is 5.63. The van der Waals surface area contributed by atoms with Crippen LogP contribution in [0.1, 0.15) is 36.8 Å². The van der Waals surface area contributed by atoms with E-state index in [9.17, 15) is 5.26 Å². The first-order chi connectivity index (χ1) is 22.6. The van der Waals surface area contributed by atoms with E-state index >= 15 is 0 Å². The minimum atomic E-state index is 0.547. The maximum absolute atomic E-state index is 10.0. The quantitative estimate of drug-likeness (QED) is 0.175. The lowest BCUT2D eigenvalue weighted by atomic mass is 10.1. The molecule has 2 aliphatic heterocycles. The molecule has 0 unspecified atom stereocenters. The number of rotatable bonds is 10. The summed E-state index contributed by atoms with van der Waals surface area (Å²) in [7, 11) is 1.66. The van der Waals surface area contributed by atoms with Crippen molar-refractivity contribution in [1.29, 1.82) is 5.26 Å². The topological polar surface area (TPSA) is 89.8 Å². The molecule has 6 rings (SSSR count). The Morgan fingerprint density at radius 1 is 0.935 bits per heavy atom. The fourth-order valence-electron chi connectivity index (χ4n) is 6.27. The summed E-state index contributed by atoms with van der Waals surface area (Å²) in [6.07, 6.45) is 8.45. The van der Waals surface area contributed by atoms with Gasteiger partial charge in [0, 0.05) is 68.7 Å². The van der Waals surface area contributed by atoms with Gasteiger partial charge in [0.2, 0.25) is 0 Å². The molecule has 2 aromatic heterocycles.